The van der Waals surface area contributed by atoms with E-state index < -0.39 is 19.1 Å². The predicted molar refractivity (Wildman–Crippen MR) is 69.5 cm³/mol. The number of amides is 1. The Hall–Kier alpha value is -0.585. The summed E-state index contributed by atoms with van der Waals surface area (Å²) in [6, 6.07) is -0.468. The Balaban J connectivity index is 1.96. The molecule has 2 aliphatic rings. The molecule has 102 valence electrons. The molecule has 1 heterocycles. The SMILES string of the molecule is NC(C(=O)N1CCC[C@H]1B(O)O)C1CCCCC1. The standard InChI is InChI=1S/C12H23BN2O3/c14-11(9-5-2-1-3-6-9)12(16)15-8-4-7-10(15)13(17)18/h9-11,17-18H,1-8,14H2/t10-,11?/m0/s1. The first-order valence-corrected chi connectivity index (χ1v) is 7.03. The minimum Gasteiger partial charge on any atom is -0.426 e. The molecule has 1 unspecified atom stereocenters. The molecular weight excluding hydrogens is 231 g/mol. The topological polar surface area (TPSA) is 86.8 Å². The highest BCUT2D eigenvalue weighted by Crippen LogP contribution is 2.28. The first-order valence-electron chi connectivity index (χ1n) is 7.03. The van der Waals surface area contributed by atoms with E-state index in [0.717, 1.165) is 32.1 Å². The molecule has 4 N–H and O–H groups in total. The summed E-state index contributed by atoms with van der Waals surface area (Å²) in [5, 5.41) is 18.6. The summed E-state index contributed by atoms with van der Waals surface area (Å²) in [6.07, 6.45) is 7.06. The van der Waals surface area contributed by atoms with Crippen LogP contribution >= 0.6 is 0 Å². The van der Waals surface area contributed by atoms with Crippen LogP contribution in [0.15, 0.2) is 0 Å². The third-order valence-corrected chi connectivity index (χ3v) is 4.37. The average molecular weight is 254 g/mol. The summed E-state index contributed by atoms with van der Waals surface area (Å²) in [4.78, 5) is 13.9. The van der Waals surface area contributed by atoms with Gasteiger partial charge in [-0.3, -0.25) is 4.79 Å². The molecule has 0 bridgehead atoms. The fourth-order valence-corrected chi connectivity index (χ4v) is 3.26. The average Bonchev–Trinajstić information content (AvgIpc) is 2.87. The molecule has 1 saturated heterocycles. The molecule has 0 aromatic heterocycles. The molecule has 1 saturated carbocycles. The minimum absolute atomic E-state index is 0.0995. The van der Waals surface area contributed by atoms with Crippen LogP contribution in [0.25, 0.3) is 0 Å². The van der Waals surface area contributed by atoms with Crippen LogP contribution in [0.5, 0.6) is 0 Å². The van der Waals surface area contributed by atoms with Crippen molar-refractivity contribution >= 4 is 13.0 Å². The van der Waals surface area contributed by atoms with Crippen LogP contribution in [-0.4, -0.2) is 46.5 Å². The lowest BCUT2D eigenvalue weighted by molar-refractivity contribution is -0.134. The van der Waals surface area contributed by atoms with Crippen molar-refractivity contribution < 1.29 is 14.8 Å². The fourth-order valence-electron chi connectivity index (χ4n) is 3.26. The number of carbonyl (C=O) groups excluding carboxylic acids is 1. The Morgan fingerprint density at radius 1 is 1.17 bits per heavy atom. The Morgan fingerprint density at radius 2 is 1.83 bits per heavy atom. The lowest BCUT2D eigenvalue weighted by Crippen LogP contribution is -2.53. The van der Waals surface area contributed by atoms with Crippen molar-refractivity contribution in [3.63, 3.8) is 0 Å². The highest BCUT2D eigenvalue weighted by molar-refractivity contribution is 6.43. The summed E-state index contributed by atoms with van der Waals surface area (Å²) < 4.78 is 0. The van der Waals surface area contributed by atoms with Crippen molar-refractivity contribution in [2.75, 3.05) is 6.54 Å². The molecule has 0 aromatic carbocycles. The molecule has 0 aromatic rings. The van der Waals surface area contributed by atoms with Gasteiger partial charge in [-0.05, 0) is 31.6 Å². The Bertz CT molecular complexity index is 295. The zero-order valence-corrected chi connectivity index (χ0v) is 10.8. The van der Waals surface area contributed by atoms with E-state index in [4.69, 9.17) is 5.73 Å². The van der Waals surface area contributed by atoms with Crippen LogP contribution in [0.2, 0.25) is 0 Å². The van der Waals surface area contributed by atoms with Crippen molar-refractivity contribution in [3.8, 4) is 0 Å². The summed E-state index contributed by atoms with van der Waals surface area (Å²) in [6.45, 7) is 0.599. The van der Waals surface area contributed by atoms with E-state index in [9.17, 15) is 14.8 Å². The molecule has 2 fully saturated rings. The van der Waals surface area contributed by atoms with Gasteiger partial charge in [0.15, 0.2) is 0 Å². The largest absolute Gasteiger partial charge is 0.475 e. The molecule has 6 heteroatoms. The molecule has 1 aliphatic carbocycles. The van der Waals surface area contributed by atoms with E-state index in [0.29, 0.717) is 13.0 Å². The van der Waals surface area contributed by atoms with Crippen molar-refractivity contribution in [2.24, 2.45) is 11.7 Å². The van der Waals surface area contributed by atoms with Crippen molar-refractivity contribution in [3.05, 3.63) is 0 Å². The second-order valence-corrected chi connectivity index (χ2v) is 5.58. The maximum absolute atomic E-state index is 12.3. The lowest BCUT2D eigenvalue weighted by Gasteiger charge is -2.32. The van der Waals surface area contributed by atoms with Gasteiger partial charge in [-0.1, -0.05) is 19.3 Å². The lowest BCUT2D eigenvalue weighted by atomic mass is 9.77. The fraction of sp³-hybridized carbons (Fsp3) is 0.917. The number of nitrogens with two attached hydrogens (primary N) is 1. The minimum atomic E-state index is -1.45. The van der Waals surface area contributed by atoms with E-state index in [2.05, 4.69) is 0 Å². The molecule has 0 radical (unpaired) electrons. The summed E-state index contributed by atoms with van der Waals surface area (Å²) in [5.41, 5.74) is 6.08. The Morgan fingerprint density at radius 3 is 2.44 bits per heavy atom. The molecule has 2 rings (SSSR count). The van der Waals surface area contributed by atoms with Gasteiger partial charge in [-0.2, -0.15) is 0 Å². The van der Waals surface area contributed by atoms with Crippen LogP contribution in [0.3, 0.4) is 0 Å². The maximum atomic E-state index is 12.3. The molecule has 1 amide bonds. The summed E-state index contributed by atoms with van der Waals surface area (Å²) >= 11 is 0. The molecule has 18 heavy (non-hydrogen) atoms. The van der Waals surface area contributed by atoms with E-state index in [1.165, 1.54) is 6.42 Å². The van der Waals surface area contributed by atoms with Gasteiger partial charge < -0.3 is 20.7 Å². The molecular formula is C12H23BN2O3. The third-order valence-electron chi connectivity index (χ3n) is 4.37. The second kappa shape index (κ2) is 6.04. The van der Waals surface area contributed by atoms with Crippen molar-refractivity contribution in [2.45, 2.75) is 56.9 Å². The number of hydrogen-bond donors (Lipinski definition) is 3. The van der Waals surface area contributed by atoms with Crippen molar-refractivity contribution in [1.29, 1.82) is 0 Å². The second-order valence-electron chi connectivity index (χ2n) is 5.58. The van der Waals surface area contributed by atoms with Crippen LogP contribution in [0.1, 0.15) is 44.9 Å². The zero-order chi connectivity index (χ0) is 13.1. The molecule has 5 nitrogen and oxygen atoms in total. The van der Waals surface area contributed by atoms with Crippen LogP contribution < -0.4 is 5.73 Å². The molecule has 2 atom stereocenters. The Kier molecular flexibility index (Phi) is 4.64. The highest BCUT2D eigenvalue weighted by atomic mass is 16.4. The Labute approximate surface area is 108 Å². The zero-order valence-electron chi connectivity index (χ0n) is 10.8. The molecule has 1 aliphatic heterocycles. The quantitative estimate of drug-likeness (QED) is 0.614. The maximum Gasteiger partial charge on any atom is 0.475 e. The van der Waals surface area contributed by atoms with Gasteiger partial charge in [0.1, 0.15) is 0 Å². The van der Waals surface area contributed by atoms with E-state index in [1.54, 1.807) is 4.90 Å². The monoisotopic (exact) mass is 254 g/mol. The number of rotatable bonds is 3. The van der Waals surface area contributed by atoms with Gasteiger partial charge >= 0.3 is 7.12 Å². The van der Waals surface area contributed by atoms with Gasteiger partial charge in [0.05, 0.1) is 12.0 Å². The van der Waals surface area contributed by atoms with Gasteiger partial charge in [0.25, 0.3) is 0 Å². The highest BCUT2D eigenvalue weighted by Gasteiger charge is 2.40. The summed E-state index contributed by atoms with van der Waals surface area (Å²) in [7, 11) is -1.45. The first-order chi connectivity index (χ1) is 8.61. The molecule has 0 spiro atoms. The predicted octanol–water partition coefficient (Wildman–Crippen LogP) is -0.103. The normalized spacial score (nSPS) is 27.3. The van der Waals surface area contributed by atoms with Crippen LogP contribution in [0, 0.1) is 5.92 Å². The van der Waals surface area contributed by atoms with Crippen LogP contribution in [-0.2, 0) is 4.79 Å². The number of carbonyl (C=O) groups is 1. The first kappa shape index (κ1) is 13.8. The number of nitrogens with zero attached hydrogens (tertiary/aromatic N) is 1. The van der Waals surface area contributed by atoms with Crippen molar-refractivity contribution in [1.82, 2.24) is 4.90 Å². The van der Waals surface area contributed by atoms with Crippen LogP contribution in [0.4, 0.5) is 0 Å². The van der Waals surface area contributed by atoms with Gasteiger partial charge in [0.2, 0.25) is 5.91 Å². The third kappa shape index (κ3) is 2.87. The van der Waals surface area contributed by atoms with Gasteiger partial charge in [-0.25, -0.2) is 0 Å². The van der Waals surface area contributed by atoms with E-state index in [1.807, 2.05) is 0 Å². The van der Waals surface area contributed by atoms with Gasteiger partial charge in [-0.15, -0.1) is 0 Å². The number of hydrogen-bond acceptors (Lipinski definition) is 4. The summed E-state index contributed by atoms with van der Waals surface area (Å²) in [5.74, 6) is -0.298. The number of likely N-dealkylation sites (tertiary alicyclic amines) is 1. The van der Waals surface area contributed by atoms with E-state index >= 15 is 0 Å². The van der Waals surface area contributed by atoms with E-state index in [-0.39, 0.29) is 11.8 Å². The van der Waals surface area contributed by atoms with Gasteiger partial charge in [0, 0.05) is 6.54 Å². The smallest absolute Gasteiger partial charge is 0.426 e.